The number of aromatic nitrogens is 3. The first-order valence-electron chi connectivity index (χ1n) is 6.28. The molecule has 7 heteroatoms. The molecular weight excluding hydrogens is 259 g/mol. The van der Waals surface area contributed by atoms with Crippen LogP contribution in [-0.4, -0.2) is 33.1 Å². The first-order valence-corrected chi connectivity index (χ1v) is 6.28. The van der Waals surface area contributed by atoms with Gasteiger partial charge in [0.2, 0.25) is 0 Å². The summed E-state index contributed by atoms with van der Waals surface area (Å²) in [6.45, 7) is 4.95. The van der Waals surface area contributed by atoms with Gasteiger partial charge in [0.25, 0.3) is 0 Å². The van der Waals surface area contributed by atoms with Crippen molar-refractivity contribution in [2.45, 2.75) is 57.9 Å². The Labute approximate surface area is 110 Å². The molecule has 1 aliphatic rings. The Balaban J connectivity index is 2.24. The highest BCUT2D eigenvalue weighted by atomic mass is 19.4. The summed E-state index contributed by atoms with van der Waals surface area (Å²) in [4.78, 5) is 4.18. The molecule has 1 aromatic heterocycles. The monoisotopic (exact) mass is 277 g/mol. The van der Waals surface area contributed by atoms with Crippen LogP contribution in [0.15, 0.2) is 0 Å². The van der Waals surface area contributed by atoms with Crippen molar-refractivity contribution in [2.75, 3.05) is 6.61 Å². The summed E-state index contributed by atoms with van der Waals surface area (Å²) in [6.07, 6.45) is -2.95. The van der Waals surface area contributed by atoms with E-state index in [1.807, 2.05) is 13.8 Å². The highest BCUT2D eigenvalue weighted by Gasteiger charge is 2.35. The van der Waals surface area contributed by atoms with Gasteiger partial charge in [-0.2, -0.15) is 18.3 Å². The molecule has 0 aromatic carbocycles. The molecule has 19 heavy (non-hydrogen) atoms. The van der Waals surface area contributed by atoms with E-state index in [-0.39, 0.29) is 11.5 Å². The molecule has 2 rings (SSSR count). The van der Waals surface area contributed by atoms with Gasteiger partial charge in [-0.3, -0.25) is 0 Å². The number of rotatable bonds is 2. The molecule has 0 unspecified atom stereocenters. The van der Waals surface area contributed by atoms with Crippen LogP contribution >= 0.6 is 0 Å². The maximum Gasteiger partial charge on any atom is 0.408 e. The largest absolute Gasteiger partial charge is 0.408 e. The summed E-state index contributed by atoms with van der Waals surface area (Å²) in [5, 5.41) is 3.86. The van der Waals surface area contributed by atoms with Crippen LogP contribution in [0.1, 0.15) is 44.3 Å². The van der Waals surface area contributed by atoms with Crippen molar-refractivity contribution in [1.82, 2.24) is 14.8 Å². The third-order valence-corrected chi connectivity index (χ3v) is 3.20. The van der Waals surface area contributed by atoms with Crippen molar-refractivity contribution < 1.29 is 17.9 Å². The van der Waals surface area contributed by atoms with Crippen LogP contribution in [0.2, 0.25) is 0 Å². The van der Waals surface area contributed by atoms with Gasteiger partial charge in [-0.15, -0.1) is 0 Å². The molecule has 4 nitrogen and oxygen atoms in total. The maximum atomic E-state index is 12.5. The second-order valence-electron chi connectivity index (χ2n) is 5.59. The Morgan fingerprint density at radius 3 is 2.68 bits per heavy atom. The van der Waals surface area contributed by atoms with E-state index in [1.165, 1.54) is 0 Å². The zero-order valence-electron chi connectivity index (χ0n) is 11.3. The van der Waals surface area contributed by atoms with Crippen LogP contribution in [-0.2, 0) is 11.3 Å². The predicted molar refractivity (Wildman–Crippen MR) is 62.8 cm³/mol. The van der Waals surface area contributed by atoms with Crippen LogP contribution < -0.4 is 0 Å². The van der Waals surface area contributed by atoms with Crippen molar-refractivity contribution in [3.8, 4) is 0 Å². The number of ether oxygens (including phenoxy) is 1. The Morgan fingerprint density at radius 2 is 2.11 bits per heavy atom. The molecule has 1 saturated heterocycles. The zero-order chi connectivity index (χ0) is 14.3. The van der Waals surface area contributed by atoms with Crippen LogP contribution in [0.25, 0.3) is 0 Å². The molecule has 1 aromatic rings. The van der Waals surface area contributed by atoms with Gasteiger partial charge in [0.15, 0.2) is 0 Å². The smallest absolute Gasteiger partial charge is 0.376 e. The number of hydrogen-bond acceptors (Lipinski definition) is 3. The fourth-order valence-electron chi connectivity index (χ4n) is 2.51. The quantitative estimate of drug-likeness (QED) is 0.834. The highest BCUT2D eigenvalue weighted by Crippen LogP contribution is 2.35. The molecule has 108 valence electrons. The van der Waals surface area contributed by atoms with E-state index in [4.69, 9.17) is 4.74 Å². The third-order valence-electron chi connectivity index (χ3n) is 3.20. The maximum absolute atomic E-state index is 12.5. The van der Waals surface area contributed by atoms with E-state index in [1.54, 1.807) is 6.92 Å². The minimum absolute atomic E-state index is 0.0349. The van der Waals surface area contributed by atoms with Crippen LogP contribution in [0.5, 0.6) is 0 Å². The van der Waals surface area contributed by atoms with Crippen molar-refractivity contribution in [3.63, 3.8) is 0 Å². The SMILES string of the molecule is Cc1nc([C@H]2CCOC(C)(C)C2)n(CC(F)(F)F)n1. The van der Waals surface area contributed by atoms with E-state index < -0.39 is 12.7 Å². The van der Waals surface area contributed by atoms with Crippen LogP contribution in [0.4, 0.5) is 13.2 Å². The lowest BCUT2D eigenvalue weighted by Gasteiger charge is -2.35. The summed E-state index contributed by atoms with van der Waals surface area (Å²) in [5.41, 5.74) is -0.328. The minimum atomic E-state index is -4.28. The van der Waals surface area contributed by atoms with Gasteiger partial charge in [0.1, 0.15) is 18.2 Å². The Hall–Kier alpha value is -1.11. The van der Waals surface area contributed by atoms with Gasteiger partial charge in [-0.1, -0.05) is 0 Å². The van der Waals surface area contributed by atoms with Crippen molar-refractivity contribution in [2.24, 2.45) is 0 Å². The highest BCUT2D eigenvalue weighted by molar-refractivity contribution is 5.03. The lowest BCUT2D eigenvalue weighted by Crippen LogP contribution is -2.34. The number of nitrogens with zero attached hydrogens (tertiary/aromatic N) is 3. The van der Waals surface area contributed by atoms with Crippen LogP contribution in [0, 0.1) is 6.92 Å². The normalized spacial score (nSPS) is 23.6. The fraction of sp³-hybridized carbons (Fsp3) is 0.833. The molecule has 2 heterocycles. The van der Waals surface area contributed by atoms with Crippen LogP contribution in [0.3, 0.4) is 0 Å². The summed E-state index contributed by atoms with van der Waals surface area (Å²) in [7, 11) is 0. The standard InChI is InChI=1S/C12H18F3N3O/c1-8-16-10(18(17-8)7-12(13,14)15)9-4-5-19-11(2,3)6-9/h9H,4-7H2,1-3H3/t9-/m0/s1. The molecule has 1 atom stereocenters. The predicted octanol–water partition coefficient (Wildman–Crippen LogP) is 2.82. The molecule has 0 amide bonds. The second-order valence-corrected chi connectivity index (χ2v) is 5.59. The zero-order valence-corrected chi connectivity index (χ0v) is 11.3. The molecule has 0 saturated carbocycles. The molecule has 0 aliphatic carbocycles. The molecule has 0 spiro atoms. The number of alkyl halides is 3. The van der Waals surface area contributed by atoms with E-state index >= 15 is 0 Å². The number of aryl methyl sites for hydroxylation is 1. The topological polar surface area (TPSA) is 39.9 Å². The van der Waals surface area contributed by atoms with Gasteiger partial charge in [0.05, 0.1) is 5.60 Å². The first-order chi connectivity index (χ1) is 8.66. The van der Waals surface area contributed by atoms with Gasteiger partial charge < -0.3 is 4.74 Å². The Bertz CT molecular complexity index is 454. The number of halogens is 3. The minimum Gasteiger partial charge on any atom is -0.376 e. The van der Waals surface area contributed by atoms with Gasteiger partial charge >= 0.3 is 6.18 Å². The van der Waals surface area contributed by atoms with Gasteiger partial charge in [-0.25, -0.2) is 9.67 Å². The Kier molecular flexibility index (Phi) is 3.59. The molecule has 1 aliphatic heterocycles. The average molecular weight is 277 g/mol. The molecule has 1 fully saturated rings. The molecule has 0 radical (unpaired) electrons. The van der Waals surface area contributed by atoms with E-state index in [0.29, 0.717) is 31.1 Å². The average Bonchev–Trinajstić information content (AvgIpc) is 2.55. The van der Waals surface area contributed by atoms with E-state index in [2.05, 4.69) is 10.1 Å². The molecular formula is C12H18F3N3O. The summed E-state index contributed by atoms with van der Waals surface area (Å²) >= 11 is 0. The third kappa shape index (κ3) is 3.68. The van der Waals surface area contributed by atoms with Gasteiger partial charge in [-0.05, 0) is 33.6 Å². The van der Waals surface area contributed by atoms with Crippen molar-refractivity contribution >= 4 is 0 Å². The molecule has 0 bridgehead atoms. The van der Waals surface area contributed by atoms with E-state index in [0.717, 1.165) is 4.68 Å². The summed E-state index contributed by atoms with van der Waals surface area (Å²) in [5.74, 6) is 0.766. The van der Waals surface area contributed by atoms with Crippen molar-refractivity contribution in [3.05, 3.63) is 11.6 Å². The lowest BCUT2D eigenvalue weighted by molar-refractivity contribution is -0.143. The van der Waals surface area contributed by atoms with Gasteiger partial charge in [0, 0.05) is 12.5 Å². The first kappa shape index (κ1) is 14.3. The fourth-order valence-corrected chi connectivity index (χ4v) is 2.51. The van der Waals surface area contributed by atoms with Crippen molar-refractivity contribution in [1.29, 1.82) is 0 Å². The second kappa shape index (κ2) is 4.77. The molecule has 0 N–H and O–H groups in total. The lowest BCUT2D eigenvalue weighted by atomic mass is 9.88. The summed E-state index contributed by atoms with van der Waals surface area (Å²) in [6, 6.07) is 0. The Morgan fingerprint density at radius 1 is 1.42 bits per heavy atom. The number of hydrogen-bond donors (Lipinski definition) is 0. The van der Waals surface area contributed by atoms with E-state index in [9.17, 15) is 13.2 Å². The summed E-state index contributed by atoms with van der Waals surface area (Å²) < 4.78 is 44.2.